The molecule has 7 heteroatoms. The monoisotopic (exact) mass is 358 g/mol. The average molecular weight is 358 g/mol. The number of amides is 3. The number of urea groups is 1. The lowest BCUT2D eigenvalue weighted by atomic mass is 9.92. The lowest BCUT2D eigenvalue weighted by Crippen LogP contribution is -2.40. The van der Waals surface area contributed by atoms with E-state index in [0.717, 1.165) is 4.90 Å². The number of nitrogens with one attached hydrogen (secondary N) is 1. The Balaban J connectivity index is 1.85. The minimum atomic E-state index is -1.19. The van der Waals surface area contributed by atoms with E-state index in [0.29, 0.717) is 16.9 Å². The third kappa shape index (κ3) is 2.96. The standard InChI is InChI=1S/C19H19FN2O4/c1-19(13-5-7-14(25-2)8-6-13)17(23)22(18(24)21-19)11-12-4-9-16(26-3)15(20)10-12/h4-10H,11H2,1-3H3,(H,21,24). The van der Waals surface area contributed by atoms with Gasteiger partial charge in [-0.25, -0.2) is 9.18 Å². The van der Waals surface area contributed by atoms with E-state index in [1.165, 1.54) is 19.2 Å². The lowest BCUT2D eigenvalue weighted by molar-refractivity contribution is -0.131. The van der Waals surface area contributed by atoms with E-state index in [1.807, 2.05) is 0 Å². The molecule has 1 atom stereocenters. The number of ether oxygens (including phenoxy) is 2. The number of benzene rings is 2. The van der Waals surface area contributed by atoms with Crippen LogP contribution in [0.2, 0.25) is 0 Å². The molecule has 1 saturated heterocycles. The summed E-state index contributed by atoms with van der Waals surface area (Å²) in [6.07, 6.45) is 0. The molecule has 1 heterocycles. The highest BCUT2D eigenvalue weighted by Gasteiger charge is 2.48. The maximum absolute atomic E-state index is 13.9. The Hall–Kier alpha value is -3.09. The lowest BCUT2D eigenvalue weighted by Gasteiger charge is -2.22. The van der Waals surface area contributed by atoms with Gasteiger partial charge in [0.1, 0.15) is 11.3 Å². The van der Waals surface area contributed by atoms with Crippen LogP contribution in [-0.2, 0) is 16.9 Å². The molecule has 26 heavy (non-hydrogen) atoms. The van der Waals surface area contributed by atoms with Crippen molar-refractivity contribution in [3.63, 3.8) is 0 Å². The molecule has 1 unspecified atom stereocenters. The Morgan fingerprint density at radius 1 is 1.08 bits per heavy atom. The summed E-state index contributed by atoms with van der Waals surface area (Å²) in [5.74, 6) is -0.187. The molecule has 1 aliphatic heterocycles. The zero-order valence-electron chi connectivity index (χ0n) is 14.7. The molecule has 0 bridgehead atoms. The van der Waals surface area contributed by atoms with Crippen LogP contribution < -0.4 is 14.8 Å². The van der Waals surface area contributed by atoms with Crippen LogP contribution in [0.3, 0.4) is 0 Å². The van der Waals surface area contributed by atoms with Crippen LogP contribution in [0.25, 0.3) is 0 Å². The van der Waals surface area contributed by atoms with Gasteiger partial charge in [-0.2, -0.15) is 0 Å². The van der Waals surface area contributed by atoms with Crippen molar-refractivity contribution in [2.75, 3.05) is 14.2 Å². The fourth-order valence-corrected chi connectivity index (χ4v) is 2.95. The highest BCUT2D eigenvalue weighted by Crippen LogP contribution is 2.31. The first-order valence-electron chi connectivity index (χ1n) is 8.00. The van der Waals surface area contributed by atoms with Crippen molar-refractivity contribution in [1.82, 2.24) is 10.2 Å². The van der Waals surface area contributed by atoms with E-state index >= 15 is 0 Å². The molecule has 0 aliphatic carbocycles. The third-order valence-electron chi connectivity index (χ3n) is 4.50. The maximum Gasteiger partial charge on any atom is 0.325 e. The first kappa shape index (κ1) is 17.7. The summed E-state index contributed by atoms with van der Waals surface area (Å²) in [5, 5.41) is 2.72. The Kier molecular flexibility index (Phi) is 4.54. The highest BCUT2D eigenvalue weighted by atomic mass is 19.1. The summed E-state index contributed by atoms with van der Waals surface area (Å²) < 4.78 is 23.9. The summed E-state index contributed by atoms with van der Waals surface area (Å²) >= 11 is 0. The summed E-state index contributed by atoms with van der Waals surface area (Å²) in [4.78, 5) is 26.3. The van der Waals surface area contributed by atoms with E-state index in [4.69, 9.17) is 9.47 Å². The fourth-order valence-electron chi connectivity index (χ4n) is 2.95. The molecule has 0 radical (unpaired) electrons. The minimum Gasteiger partial charge on any atom is -0.497 e. The maximum atomic E-state index is 13.9. The molecule has 3 amide bonds. The van der Waals surface area contributed by atoms with E-state index in [-0.39, 0.29) is 12.3 Å². The van der Waals surface area contributed by atoms with Crippen molar-refractivity contribution in [3.8, 4) is 11.5 Å². The van der Waals surface area contributed by atoms with Gasteiger partial charge in [0.2, 0.25) is 0 Å². The Morgan fingerprint density at radius 3 is 2.35 bits per heavy atom. The molecule has 2 aromatic rings. The molecule has 136 valence electrons. The molecule has 0 aromatic heterocycles. The van der Waals surface area contributed by atoms with Crippen molar-refractivity contribution in [2.45, 2.75) is 19.0 Å². The second kappa shape index (κ2) is 6.67. The normalized spacial score (nSPS) is 19.5. The van der Waals surface area contributed by atoms with Gasteiger partial charge in [0.05, 0.1) is 20.8 Å². The molecule has 3 rings (SSSR count). The average Bonchev–Trinajstić information content (AvgIpc) is 2.86. The largest absolute Gasteiger partial charge is 0.497 e. The number of carbonyl (C=O) groups excluding carboxylic acids is 2. The van der Waals surface area contributed by atoms with Crippen molar-refractivity contribution in [3.05, 3.63) is 59.4 Å². The second-order valence-corrected chi connectivity index (χ2v) is 6.14. The first-order valence-corrected chi connectivity index (χ1v) is 8.00. The fraction of sp³-hybridized carbons (Fsp3) is 0.263. The van der Waals surface area contributed by atoms with Crippen LogP contribution in [0.1, 0.15) is 18.1 Å². The quantitative estimate of drug-likeness (QED) is 0.835. The molecule has 6 nitrogen and oxygen atoms in total. The van der Waals surface area contributed by atoms with E-state index in [2.05, 4.69) is 5.32 Å². The zero-order chi connectivity index (χ0) is 18.9. The van der Waals surface area contributed by atoms with Crippen LogP contribution in [0, 0.1) is 5.82 Å². The zero-order valence-corrected chi connectivity index (χ0v) is 14.7. The predicted octanol–water partition coefficient (Wildman–Crippen LogP) is 2.81. The van der Waals surface area contributed by atoms with Gasteiger partial charge >= 0.3 is 6.03 Å². The van der Waals surface area contributed by atoms with E-state index in [9.17, 15) is 14.0 Å². The van der Waals surface area contributed by atoms with Gasteiger partial charge in [0.15, 0.2) is 11.6 Å². The van der Waals surface area contributed by atoms with Crippen molar-refractivity contribution in [1.29, 1.82) is 0 Å². The highest BCUT2D eigenvalue weighted by molar-refractivity contribution is 6.07. The SMILES string of the molecule is COc1ccc(C2(C)NC(=O)N(Cc3ccc(OC)c(F)c3)C2=O)cc1. The van der Waals surface area contributed by atoms with Gasteiger partial charge in [0, 0.05) is 0 Å². The molecule has 1 fully saturated rings. The van der Waals surface area contributed by atoms with Gasteiger partial charge in [-0.1, -0.05) is 18.2 Å². The van der Waals surface area contributed by atoms with Crippen molar-refractivity contribution >= 4 is 11.9 Å². The van der Waals surface area contributed by atoms with Crippen LogP contribution in [-0.4, -0.2) is 31.1 Å². The van der Waals surface area contributed by atoms with Gasteiger partial charge in [-0.05, 0) is 42.3 Å². The van der Waals surface area contributed by atoms with Gasteiger partial charge in [-0.15, -0.1) is 0 Å². The summed E-state index contributed by atoms with van der Waals surface area (Å²) in [6, 6.07) is 10.7. The number of hydrogen-bond acceptors (Lipinski definition) is 4. The Bertz CT molecular complexity index is 853. The van der Waals surface area contributed by atoms with E-state index in [1.54, 1.807) is 44.4 Å². The van der Waals surface area contributed by atoms with Gasteiger partial charge in [-0.3, -0.25) is 9.69 Å². The Labute approximate surface area is 150 Å². The number of methoxy groups -OCH3 is 2. The summed E-state index contributed by atoms with van der Waals surface area (Å²) in [6.45, 7) is 1.61. The van der Waals surface area contributed by atoms with Crippen molar-refractivity contribution < 1.29 is 23.5 Å². The number of rotatable bonds is 5. The topological polar surface area (TPSA) is 67.9 Å². The predicted molar refractivity (Wildman–Crippen MR) is 92.4 cm³/mol. The molecular formula is C19H19FN2O4. The third-order valence-corrected chi connectivity index (χ3v) is 4.50. The number of carbonyl (C=O) groups is 2. The smallest absolute Gasteiger partial charge is 0.325 e. The van der Waals surface area contributed by atoms with Crippen LogP contribution in [0.4, 0.5) is 9.18 Å². The second-order valence-electron chi connectivity index (χ2n) is 6.14. The molecule has 0 saturated carbocycles. The molecule has 2 aromatic carbocycles. The summed E-state index contributed by atoms with van der Waals surface area (Å²) in [5.41, 5.74) is -0.0557. The number of nitrogens with zero attached hydrogens (tertiary/aromatic N) is 1. The minimum absolute atomic E-state index is 0.0304. The van der Waals surface area contributed by atoms with Crippen LogP contribution in [0.5, 0.6) is 11.5 Å². The van der Waals surface area contributed by atoms with E-state index < -0.39 is 23.3 Å². The van der Waals surface area contributed by atoms with Crippen LogP contribution in [0.15, 0.2) is 42.5 Å². The Morgan fingerprint density at radius 2 is 1.77 bits per heavy atom. The summed E-state index contributed by atoms with van der Waals surface area (Å²) in [7, 11) is 2.92. The molecule has 0 spiro atoms. The first-order chi connectivity index (χ1) is 12.4. The number of hydrogen-bond donors (Lipinski definition) is 1. The molecular weight excluding hydrogens is 339 g/mol. The van der Waals surface area contributed by atoms with Gasteiger partial charge in [0.25, 0.3) is 5.91 Å². The van der Waals surface area contributed by atoms with Crippen molar-refractivity contribution in [2.24, 2.45) is 0 Å². The molecule has 1 aliphatic rings. The number of imide groups is 1. The van der Waals surface area contributed by atoms with Gasteiger partial charge < -0.3 is 14.8 Å². The molecule has 1 N–H and O–H groups in total. The van der Waals surface area contributed by atoms with Crippen LogP contribution >= 0.6 is 0 Å². The number of halogens is 1.